The van der Waals surface area contributed by atoms with Crippen LogP contribution < -0.4 is 29.0 Å². The number of hydrogen-bond donors (Lipinski definition) is 0. The van der Waals surface area contributed by atoms with Crippen LogP contribution in [0.5, 0.6) is 23.0 Å². The van der Waals surface area contributed by atoms with Crippen molar-refractivity contribution >= 4 is 22.4 Å². The van der Waals surface area contributed by atoms with Crippen LogP contribution >= 0.6 is 11.3 Å². The molecule has 2 aromatic carbocycles. The number of hydrogen-bond acceptors (Lipinski definition) is 8. The summed E-state index contributed by atoms with van der Waals surface area (Å²) in [6.07, 6.45) is 3.49. The molecule has 2 aromatic heterocycles. The van der Waals surface area contributed by atoms with E-state index in [2.05, 4.69) is 16.7 Å². The Morgan fingerprint density at radius 1 is 1.06 bits per heavy atom. The minimum Gasteiger partial charge on any atom is -0.493 e. The van der Waals surface area contributed by atoms with Crippen LogP contribution in [0.4, 0.5) is 0 Å². The van der Waals surface area contributed by atoms with Gasteiger partial charge in [-0.1, -0.05) is 36.1 Å². The van der Waals surface area contributed by atoms with E-state index in [1.54, 1.807) is 24.3 Å². The van der Waals surface area contributed by atoms with E-state index in [9.17, 15) is 4.79 Å². The summed E-state index contributed by atoms with van der Waals surface area (Å²) in [6.45, 7) is 4.07. The van der Waals surface area contributed by atoms with E-state index in [0.717, 1.165) is 11.3 Å². The monoisotopic (exact) mass is 451 g/mol. The van der Waals surface area contributed by atoms with Crippen molar-refractivity contribution in [1.29, 1.82) is 0 Å². The third-order valence-electron chi connectivity index (χ3n) is 4.65. The molecule has 0 spiro atoms. The van der Waals surface area contributed by atoms with E-state index in [-0.39, 0.29) is 5.56 Å². The molecule has 4 aromatic rings. The Kier molecular flexibility index (Phi) is 6.09. The van der Waals surface area contributed by atoms with E-state index in [0.29, 0.717) is 44.7 Å². The van der Waals surface area contributed by atoms with Crippen LogP contribution in [0.25, 0.3) is 22.4 Å². The molecule has 0 radical (unpaired) electrons. The highest BCUT2D eigenvalue weighted by atomic mass is 32.1. The second kappa shape index (κ2) is 9.11. The highest BCUT2D eigenvalue weighted by Gasteiger charge is 2.18. The lowest BCUT2D eigenvalue weighted by molar-refractivity contribution is 0.324. The quantitative estimate of drug-likeness (QED) is 0.381. The van der Waals surface area contributed by atoms with Crippen molar-refractivity contribution in [3.05, 3.63) is 69.5 Å². The van der Waals surface area contributed by atoms with Crippen molar-refractivity contribution in [2.45, 2.75) is 0 Å². The zero-order valence-electron chi connectivity index (χ0n) is 17.8. The Labute approximate surface area is 188 Å². The lowest BCUT2D eigenvalue weighted by Crippen LogP contribution is -2.23. The van der Waals surface area contributed by atoms with E-state index < -0.39 is 0 Å². The van der Waals surface area contributed by atoms with Crippen molar-refractivity contribution in [3.8, 4) is 34.4 Å². The van der Waals surface area contributed by atoms with Gasteiger partial charge < -0.3 is 18.9 Å². The Morgan fingerprint density at radius 3 is 2.31 bits per heavy atom. The predicted octanol–water partition coefficient (Wildman–Crippen LogP) is 2.96. The number of methoxy groups -OCH3 is 3. The molecule has 0 aliphatic heterocycles. The van der Waals surface area contributed by atoms with Gasteiger partial charge in [-0.2, -0.15) is 9.50 Å². The maximum Gasteiger partial charge on any atom is 0.291 e. The maximum absolute atomic E-state index is 12.9. The maximum atomic E-state index is 12.9. The number of thiazole rings is 1. The van der Waals surface area contributed by atoms with Crippen LogP contribution in [-0.4, -0.2) is 42.5 Å². The molecule has 0 aliphatic rings. The Morgan fingerprint density at radius 2 is 1.75 bits per heavy atom. The first-order valence-corrected chi connectivity index (χ1v) is 10.4. The van der Waals surface area contributed by atoms with Crippen LogP contribution in [0.1, 0.15) is 5.56 Å². The first-order chi connectivity index (χ1) is 15.6. The Bertz CT molecular complexity index is 1350. The fraction of sp³-hybridized carbons (Fsp3) is 0.174. The van der Waals surface area contributed by atoms with Crippen molar-refractivity contribution < 1.29 is 18.9 Å². The van der Waals surface area contributed by atoms with Gasteiger partial charge in [0, 0.05) is 5.56 Å². The molecule has 9 heteroatoms. The minimum absolute atomic E-state index is 0.233. The highest BCUT2D eigenvalue weighted by Crippen LogP contribution is 2.40. The minimum atomic E-state index is -0.233. The van der Waals surface area contributed by atoms with E-state index in [4.69, 9.17) is 18.9 Å². The number of ether oxygens (including phenoxy) is 4. The normalized spacial score (nSPS) is 11.5. The highest BCUT2D eigenvalue weighted by molar-refractivity contribution is 7.15. The fourth-order valence-electron chi connectivity index (χ4n) is 3.13. The number of benzene rings is 2. The van der Waals surface area contributed by atoms with Crippen LogP contribution in [0.3, 0.4) is 0 Å². The standard InChI is InChI=1S/C23H21N3O5S/c1-5-10-31-16-8-6-14(7-9-16)11-19-22(27)26-23(32-19)24-21(25-26)15-12-17(28-2)20(30-4)18(13-15)29-3/h5-9,11-13H,1,10H2,2-4H3/b19-11+. The molecular formula is C23H21N3O5S. The van der Waals surface area contributed by atoms with Crippen molar-refractivity contribution in [3.63, 3.8) is 0 Å². The van der Waals surface area contributed by atoms with Crippen molar-refractivity contribution in [2.75, 3.05) is 27.9 Å². The Balaban J connectivity index is 1.70. The summed E-state index contributed by atoms with van der Waals surface area (Å²) in [5.74, 6) is 2.57. The summed E-state index contributed by atoms with van der Waals surface area (Å²) in [5.41, 5.74) is 1.29. The van der Waals surface area contributed by atoms with Gasteiger partial charge in [-0.25, -0.2) is 0 Å². The van der Waals surface area contributed by atoms with E-state index in [1.165, 1.54) is 37.2 Å². The van der Waals surface area contributed by atoms with Gasteiger partial charge in [0.05, 0.1) is 25.9 Å². The van der Waals surface area contributed by atoms with Crippen LogP contribution in [0.2, 0.25) is 0 Å². The zero-order chi connectivity index (χ0) is 22.7. The first kappa shape index (κ1) is 21.4. The lowest BCUT2D eigenvalue weighted by Gasteiger charge is -2.12. The summed E-state index contributed by atoms with van der Waals surface area (Å²) in [7, 11) is 4.61. The summed E-state index contributed by atoms with van der Waals surface area (Å²) < 4.78 is 23.5. The van der Waals surface area contributed by atoms with Crippen LogP contribution in [0, 0.1) is 0 Å². The second-order valence-electron chi connectivity index (χ2n) is 6.63. The number of nitrogens with zero attached hydrogens (tertiary/aromatic N) is 3. The molecule has 2 heterocycles. The average Bonchev–Trinajstić information content (AvgIpc) is 3.36. The topological polar surface area (TPSA) is 84.2 Å². The summed E-state index contributed by atoms with van der Waals surface area (Å²) in [5, 5.41) is 4.40. The molecule has 4 rings (SSSR count). The molecule has 0 fully saturated rings. The third kappa shape index (κ3) is 4.02. The number of rotatable bonds is 8. The molecule has 32 heavy (non-hydrogen) atoms. The number of fused-ring (bicyclic) bond motifs is 1. The largest absolute Gasteiger partial charge is 0.493 e. The molecule has 0 bridgehead atoms. The van der Waals surface area contributed by atoms with Crippen molar-refractivity contribution in [2.24, 2.45) is 0 Å². The SMILES string of the molecule is C=CCOc1ccc(/C=c2/sc3nc(-c4cc(OC)c(OC)c(OC)c4)nn3c2=O)cc1. The van der Waals surface area contributed by atoms with Crippen molar-refractivity contribution in [1.82, 2.24) is 14.6 Å². The molecule has 164 valence electrons. The van der Waals surface area contributed by atoms with Crippen LogP contribution in [0.15, 0.2) is 53.8 Å². The summed E-state index contributed by atoms with van der Waals surface area (Å²) in [6, 6.07) is 10.9. The van der Waals surface area contributed by atoms with Gasteiger partial charge in [-0.05, 0) is 35.9 Å². The second-order valence-corrected chi connectivity index (χ2v) is 7.64. The molecule has 0 N–H and O–H groups in total. The Hall–Kier alpha value is -3.85. The van der Waals surface area contributed by atoms with Gasteiger partial charge in [-0.15, -0.1) is 5.10 Å². The lowest BCUT2D eigenvalue weighted by atomic mass is 10.1. The van der Waals surface area contributed by atoms with Crippen LogP contribution in [-0.2, 0) is 0 Å². The van der Waals surface area contributed by atoms with Gasteiger partial charge in [0.15, 0.2) is 17.3 Å². The molecule has 0 atom stereocenters. The molecule has 0 aliphatic carbocycles. The molecule has 0 amide bonds. The molecule has 0 saturated heterocycles. The smallest absolute Gasteiger partial charge is 0.291 e. The van der Waals surface area contributed by atoms with Gasteiger partial charge in [0.25, 0.3) is 5.56 Å². The summed E-state index contributed by atoms with van der Waals surface area (Å²) >= 11 is 1.27. The fourth-order valence-corrected chi connectivity index (χ4v) is 4.04. The molecule has 0 unspecified atom stereocenters. The van der Waals surface area contributed by atoms with Gasteiger partial charge in [-0.3, -0.25) is 4.79 Å². The average molecular weight is 452 g/mol. The van der Waals surface area contributed by atoms with Gasteiger partial charge in [0.1, 0.15) is 12.4 Å². The van der Waals surface area contributed by atoms with Gasteiger partial charge in [0.2, 0.25) is 10.7 Å². The molecule has 8 nitrogen and oxygen atoms in total. The number of aromatic nitrogens is 3. The van der Waals surface area contributed by atoms with E-state index >= 15 is 0 Å². The van der Waals surface area contributed by atoms with Gasteiger partial charge >= 0.3 is 0 Å². The zero-order valence-corrected chi connectivity index (χ0v) is 18.6. The molecular weight excluding hydrogens is 430 g/mol. The predicted molar refractivity (Wildman–Crippen MR) is 123 cm³/mol. The summed E-state index contributed by atoms with van der Waals surface area (Å²) in [4.78, 5) is 17.9. The third-order valence-corrected chi connectivity index (χ3v) is 5.61. The first-order valence-electron chi connectivity index (χ1n) is 9.63. The van der Waals surface area contributed by atoms with E-state index in [1.807, 2.05) is 24.3 Å². The molecule has 0 saturated carbocycles.